The summed E-state index contributed by atoms with van der Waals surface area (Å²) in [4.78, 5) is 2.70. The summed E-state index contributed by atoms with van der Waals surface area (Å²) in [6, 6.07) is 0.461. The maximum absolute atomic E-state index is 7.27. The molecule has 3 aliphatic heterocycles. The van der Waals surface area contributed by atoms with Crippen molar-refractivity contribution >= 4 is 8.32 Å². The summed E-state index contributed by atoms with van der Waals surface area (Å²) < 4.78 is 31.2. The molecule has 8 atom stereocenters. The molecule has 0 aromatic rings. The van der Waals surface area contributed by atoms with Crippen molar-refractivity contribution in [2.45, 2.75) is 75.0 Å². The van der Waals surface area contributed by atoms with Gasteiger partial charge in [0.05, 0.1) is 11.7 Å². The molecule has 3 heterocycles. The van der Waals surface area contributed by atoms with E-state index in [1.54, 1.807) is 7.11 Å². The third-order valence-corrected chi connectivity index (χ3v) is 9.00. The van der Waals surface area contributed by atoms with Gasteiger partial charge in [0.15, 0.2) is 20.9 Å². The van der Waals surface area contributed by atoms with Gasteiger partial charge < -0.3 is 23.4 Å². The monoisotopic (exact) mass is 409 g/mol. The lowest BCUT2D eigenvalue weighted by Crippen LogP contribution is -2.74. The molecule has 28 heavy (non-hydrogen) atoms. The quantitative estimate of drug-likeness (QED) is 0.526. The van der Waals surface area contributed by atoms with Crippen molar-refractivity contribution in [3.8, 4) is 0 Å². The largest absolute Gasteiger partial charge is 0.411 e. The molecular weight excluding hydrogens is 374 g/mol. The highest BCUT2D eigenvalue weighted by Gasteiger charge is 2.73. The van der Waals surface area contributed by atoms with Crippen molar-refractivity contribution in [1.29, 1.82) is 0 Å². The average molecular weight is 410 g/mol. The normalized spacial score (nSPS) is 52.2. The van der Waals surface area contributed by atoms with Crippen LogP contribution in [0.5, 0.6) is 0 Å². The number of rotatable bonds is 4. The van der Waals surface area contributed by atoms with Crippen LogP contribution in [0.1, 0.15) is 25.7 Å². The summed E-state index contributed by atoms with van der Waals surface area (Å²) >= 11 is 0. The topological polar surface area (TPSA) is 49.4 Å². The van der Waals surface area contributed by atoms with Crippen LogP contribution in [0.15, 0.2) is 12.2 Å². The first-order valence-corrected chi connectivity index (χ1v) is 14.2. The van der Waals surface area contributed by atoms with Gasteiger partial charge in [-0.3, -0.25) is 4.90 Å². The third-order valence-electron chi connectivity index (χ3n) is 8.02. The number of hydrogen-bond donors (Lipinski definition) is 0. The van der Waals surface area contributed by atoms with Crippen LogP contribution >= 0.6 is 0 Å². The van der Waals surface area contributed by atoms with E-state index in [-0.39, 0.29) is 23.2 Å². The van der Waals surface area contributed by atoms with Crippen molar-refractivity contribution < 1.29 is 23.4 Å². The third kappa shape index (κ3) is 2.54. The van der Waals surface area contributed by atoms with E-state index in [9.17, 15) is 0 Å². The van der Waals surface area contributed by atoms with Crippen molar-refractivity contribution in [1.82, 2.24) is 4.90 Å². The van der Waals surface area contributed by atoms with Crippen LogP contribution in [0.4, 0.5) is 0 Å². The summed E-state index contributed by atoms with van der Waals surface area (Å²) in [5.74, 6) is -0.261. The molecule has 6 nitrogen and oxygen atoms in total. The van der Waals surface area contributed by atoms with Crippen molar-refractivity contribution in [3.63, 3.8) is 0 Å². The second-order valence-electron chi connectivity index (χ2n) is 10.3. The first-order chi connectivity index (χ1) is 13.3. The second-order valence-corrected chi connectivity index (χ2v) is 14.7. The molecule has 0 amide bonds. The minimum Gasteiger partial charge on any atom is -0.411 e. The van der Waals surface area contributed by atoms with Gasteiger partial charge in [0.1, 0.15) is 6.10 Å². The van der Waals surface area contributed by atoms with Crippen LogP contribution in [0.2, 0.25) is 19.6 Å². The Morgan fingerprint density at radius 2 is 2.00 bits per heavy atom. The molecule has 0 radical (unpaired) electrons. The van der Waals surface area contributed by atoms with Crippen molar-refractivity contribution in [2.75, 3.05) is 34.1 Å². The molecule has 7 heteroatoms. The zero-order valence-electron chi connectivity index (χ0n) is 17.9. The standard InChI is InChI=1S/C21H35NO5Si/c1-23-16-6-7-19-8-9-22(17(19)11-16)12-15-10-18-21(24-2,26-14-25-18)13-20(15,19)27-28(3,4)5/h6-7,15-18H,8-14H2,1-5H3/t15?,16-,17+,18?,19-,20-,21?/m0/s1. The van der Waals surface area contributed by atoms with Crippen LogP contribution in [0.3, 0.4) is 0 Å². The maximum Gasteiger partial charge on any atom is 0.199 e. The van der Waals surface area contributed by atoms with Crippen LogP contribution in [0, 0.1) is 11.3 Å². The van der Waals surface area contributed by atoms with Crippen LogP contribution < -0.4 is 0 Å². The fourth-order valence-corrected chi connectivity index (χ4v) is 8.54. The molecule has 0 aromatic carbocycles. The van der Waals surface area contributed by atoms with Crippen molar-refractivity contribution in [3.05, 3.63) is 12.2 Å². The predicted molar refractivity (Wildman–Crippen MR) is 107 cm³/mol. The molecular formula is C21H35NO5Si. The SMILES string of the molecule is CO[C@H]1C=C[C@@]23CCN(CC4CC5OCOC5(OC)C[C@]42O[Si](C)(C)C)[C@@H]3C1. The first-order valence-electron chi connectivity index (χ1n) is 10.7. The van der Waals surface area contributed by atoms with Crippen LogP contribution in [-0.2, 0) is 23.4 Å². The summed E-state index contributed by atoms with van der Waals surface area (Å²) in [6.45, 7) is 9.46. The molecule has 3 saturated heterocycles. The van der Waals surface area contributed by atoms with Gasteiger partial charge in [-0.2, -0.15) is 0 Å². The molecule has 2 bridgehead atoms. The molecule has 0 N–H and O–H groups in total. The van der Waals surface area contributed by atoms with E-state index in [1.807, 2.05) is 7.11 Å². The summed E-state index contributed by atoms with van der Waals surface area (Å²) in [6.07, 6.45) is 8.80. The lowest BCUT2D eigenvalue weighted by atomic mass is 9.52. The van der Waals surface area contributed by atoms with E-state index < -0.39 is 14.1 Å². The zero-order chi connectivity index (χ0) is 19.8. The van der Waals surface area contributed by atoms with E-state index in [4.69, 9.17) is 23.4 Å². The second kappa shape index (κ2) is 6.36. The molecule has 5 aliphatic rings. The molecule has 1 saturated carbocycles. The molecule has 4 fully saturated rings. The number of piperidine rings is 1. The lowest BCUT2D eigenvalue weighted by Gasteiger charge is -2.65. The summed E-state index contributed by atoms with van der Waals surface area (Å²) in [7, 11) is 1.75. The Kier molecular flexibility index (Phi) is 4.47. The minimum atomic E-state index is -1.83. The van der Waals surface area contributed by atoms with Gasteiger partial charge in [0.2, 0.25) is 0 Å². The highest BCUT2D eigenvalue weighted by molar-refractivity contribution is 6.69. The van der Waals surface area contributed by atoms with Gasteiger partial charge >= 0.3 is 0 Å². The summed E-state index contributed by atoms with van der Waals surface area (Å²) in [5, 5.41) is 0. The highest BCUT2D eigenvalue weighted by Crippen LogP contribution is 2.65. The van der Waals surface area contributed by atoms with Crippen LogP contribution in [0.25, 0.3) is 0 Å². The van der Waals surface area contributed by atoms with E-state index in [0.717, 1.165) is 38.8 Å². The number of nitrogens with zero attached hydrogens (tertiary/aromatic N) is 1. The number of hydrogen-bond acceptors (Lipinski definition) is 6. The van der Waals surface area contributed by atoms with Gasteiger partial charge in [-0.05, 0) is 45.4 Å². The van der Waals surface area contributed by atoms with Crippen LogP contribution in [-0.4, -0.2) is 77.0 Å². The lowest BCUT2D eigenvalue weighted by molar-refractivity contribution is -0.285. The Bertz CT molecular complexity index is 668. The molecule has 4 unspecified atom stereocenters. The van der Waals surface area contributed by atoms with E-state index >= 15 is 0 Å². The van der Waals surface area contributed by atoms with E-state index in [1.165, 1.54) is 0 Å². The smallest absolute Gasteiger partial charge is 0.199 e. The number of methoxy groups -OCH3 is 2. The first kappa shape index (κ1) is 19.7. The zero-order valence-corrected chi connectivity index (χ0v) is 18.9. The Morgan fingerprint density at radius 3 is 2.71 bits per heavy atom. The van der Waals surface area contributed by atoms with Gasteiger partial charge in [0.25, 0.3) is 0 Å². The predicted octanol–water partition coefficient (Wildman–Crippen LogP) is 2.75. The molecule has 0 spiro atoms. The van der Waals surface area contributed by atoms with E-state index in [2.05, 4.69) is 36.7 Å². The molecule has 2 aliphatic carbocycles. The molecule has 5 rings (SSSR count). The van der Waals surface area contributed by atoms with Gasteiger partial charge in [-0.25, -0.2) is 0 Å². The Hall–Kier alpha value is -0.283. The number of ether oxygens (including phenoxy) is 4. The molecule has 0 aromatic heterocycles. The van der Waals surface area contributed by atoms with Crippen molar-refractivity contribution in [2.24, 2.45) is 11.3 Å². The van der Waals surface area contributed by atoms with Gasteiger partial charge in [0, 0.05) is 44.6 Å². The number of fused-ring (bicyclic) bond motifs is 2. The Labute approximate surface area is 169 Å². The Balaban J connectivity index is 1.65. The molecule has 158 valence electrons. The fraction of sp³-hybridized carbons (Fsp3) is 0.905. The van der Waals surface area contributed by atoms with E-state index in [0.29, 0.717) is 18.8 Å². The Morgan fingerprint density at radius 1 is 1.18 bits per heavy atom. The maximum atomic E-state index is 7.27. The fourth-order valence-electron chi connectivity index (χ4n) is 7.02. The minimum absolute atomic E-state index is 0.00583. The summed E-state index contributed by atoms with van der Waals surface area (Å²) in [5.41, 5.74) is -0.280. The van der Waals surface area contributed by atoms with Gasteiger partial charge in [-0.1, -0.05) is 12.2 Å². The van der Waals surface area contributed by atoms with Gasteiger partial charge in [-0.15, -0.1) is 0 Å². The highest BCUT2D eigenvalue weighted by atomic mass is 28.4. The average Bonchev–Trinajstić information content (AvgIpc) is 3.19.